The van der Waals surface area contributed by atoms with E-state index in [1.165, 1.54) is 71.1 Å². The van der Waals surface area contributed by atoms with Crippen LogP contribution in [0, 0.1) is 5.92 Å². The number of hydrogen-bond donors (Lipinski definition) is 1. The quantitative estimate of drug-likeness (QED) is 0.829. The summed E-state index contributed by atoms with van der Waals surface area (Å²) in [5.74, 6) is 0.861. The third kappa shape index (κ3) is 2.70. The Bertz CT molecular complexity index is 306. The first-order valence-electron chi connectivity index (χ1n) is 8.43. The van der Waals surface area contributed by atoms with Gasteiger partial charge in [0.1, 0.15) is 0 Å². The molecule has 0 aromatic rings. The third-order valence-corrected chi connectivity index (χ3v) is 5.92. The second-order valence-corrected chi connectivity index (χ2v) is 7.26. The molecule has 3 unspecified atom stereocenters. The van der Waals surface area contributed by atoms with Crippen molar-refractivity contribution in [2.24, 2.45) is 11.7 Å². The van der Waals surface area contributed by atoms with Crippen LogP contribution in [0.2, 0.25) is 0 Å². The van der Waals surface area contributed by atoms with Crippen LogP contribution in [-0.4, -0.2) is 54.1 Å². The monoisotopic (exact) mass is 265 g/mol. The Morgan fingerprint density at radius 1 is 1.11 bits per heavy atom. The average Bonchev–Trinajstić information content (AvgIpc) is 2.75. The van der Waals surface area contributed by atoms with Gasteiger partial charge in [0.15, 0.2) is 0 Å². The lowest BCUT2D eigenvalue weighted by molar-refractivity contribution is 0.0340. The van der Waals surface area contributed by atoms with E-state index >= 15 is 0 Å². The fraction of sp³-hybridized carbons (Fsp3) is 1.00. The highest BCUT2D eigenvalue weighted by atomic mass is 15.3. The van der Waals surface area contributed by atoms with Crippen molar-refractivity contribution in [1.29, 1.82) is 0 Å². The van der Waals surface area contributed by atoms with Gasteiger partial charge in [-0.2, -0.15) is 0 Å². The van der Waals surface area contributed by atoms with Gasteiger partial charge in [-0.15, -0.1) is 0 Å². The number of fused-ring (bicyclic) bond motifs is 1. The molecular weight excluding hydrogens is 234 g/mol. The molecule has 2 saturated heterocycles. The van der Waals surface area contributed by atoms with E-state index in [0.29, 0.717) is 5.54 Å². The van der Waals surface area contributed by atoms with Crippen molar-refractivity contribution in [1.82, 2.24) is 9.80 Å². The van der Waals surface area contributed by atoms with Crippen LogP contribution >= 0.6 is 0 Å². The van der Waals surface area contributed by atoms with Gasteiger partial charge in [-0.1, -0.05) is 19.8 Å². The molecule has 110 valence electrons. The van der Waals surface area contributed by atoms with E-state index in [2.05, 4.69) is 16.7 Å². The van der Waals surface area contributed by atoms with Crippen LogP contribution in [0.25, 0.3) is 0 Å². The van der Waals surface area contributed by atoms with Crippen LogP contribution in [0.1, 0.15) is 51.9 Å². The molecule has 3 aliphatic rings. The Morgan fingerprint density at radius 2 is 1.95 bits per heavy atom. The van der Waals surface area contributed by atoms with Gasteiger partial charge < -0.3 is 5.73 Å². The molecule has 3 atom stereocenters. The first kappa shape index (κ1) is 13.8. The Labute approximate surface area is 118 Å². The van der Waals surface area contributed by atoms with Crippen molar-refractivity contribution >= 4 is 0 Å². The molecule has 3 nitrogen and oxygen atoms in total. The molecular formula is C16H31N3. The van der Waals surface area contributed by atoms with Crippen molar-refractivity contribution in [2.45, 2.75) is 63.5 Å². The molecule has 3 heteroatoms. The molecule has 3 rings (SSSR count). The predicted molar refractivity (Wildman–Crippen MR) is 80.2 cm³/mol. The van der Waals surface area contributed by atoms with Gasteiger partial charge in [0, 0.05) is 31.2 Å². The summed E-state index contributed by atoms with van der Waals surface area (Å²) in [6.07, 6.45) is 9.61. The molecule has 0 aromatic carbocycles. The van der Waals surface area contributed by atoms with Crippen LogP contribution in [0.3, 0.4) is 0 Å². The van der Waals surface area contributed by atoms with Gasteiger partial charge in [0.25, 0.3) is 0 Å². The Balaban J connectivity index is 1.74. The van der Waals surface area contributed by atoms with E-state index < -0.39 is 0 Å². The maximum atomic E-state index is 6.26. The molecule has 2 N–H and O–H groups in total. The Hall–Kier alpha value is -0.120. The molecule has 0 spiro atoms. The topological polar surface area (TPSA) is 32.5 Å². The molecule has 2 aliphatic heterocycles. The molecule has 0 radical (unpaired) electrons. The molecule has 0 amide bonds. The normalized spacial score (nSPS) is 42.0. The van der Waals surface area contributed by atoms with Crippen LogP contribution in [0.15, 0.2) is 0 Å². The Morgan fingerprint density at radius 3 is 2.74 bits per heavy atom. The number of hydrogen-bond acceptors (Lipinski definition) is 3. The molecule has 1 saturated carbocycles. The molecule has 0 aromatic heterocycles. The number of rotatable bonds is 2. The molecule has 0 bridgehead atoms. The maximum absolute atomic E-state index is 6.26. The first-order valence-corrected chi connectivity index (χ1v) is 8.43. The van der Waals surface area contributed by atoms with Crippen LogP contribution in [0.5, 0.6) is 0 Å². The predicted octanol–water partition coefficient (Wildman–Crippen LogP) is 2.06. The van der Waals surface area contributed by atoms with Gasteiger partial charge in [-0.25, -0.2) is 0 Å². The van der Waals surface area contributed by atoms with Crippen molar-refractivity contribution in [2.75, 3.05) is 32.7 Å². The highest BCUT2D eigenvalue weighted by Gasteiger charge is 2.41. The molecule has 19 heavy (non-hydrogen) atoms. The van der Waals surface area contributed by atoms with E-state index in [4.69, 9.17) is 5.73 Å². The van der Waals surface area contributed by atoms with E-state index in [1.54, 1.807) is 0 Å². The SMILES string of the molecule is CC1CCCC(CN)(N2CCCN3CCCC3C2)C1. The standard InChI is InChI=1S/C16H31N3/c1-14-5-2-7-16(11-14,13-17)19-10-4-9-18-8-3-6-15(18)12-19/h14-15H,2-13,17H2,1H3. The minimum absolute atomic E-state index is 0.330. The van der Waals surface area contributed by atoms with E-state index in [0.717, 1.165) is 18.5 Å². The lowest BCUT2D eigenvalue weighted by Crippen LogP contribution is -2.58. The summed E-state index contributed by atoms with van der Waals surface area (Å²) in [4.78, 5) is 5.54. The third-order valence-electron chi connectivity index (χ3n) is 5.92. The summed E-state index contributed by atoms with van der Waals surface area (Å²) in [5.41, 5.74) is 6.59. The highest BCUT2D eigenvalue weighted by Crippen LogP contribution is 2.38. The molecule has 1 aliphatic carbocycles. The van der Waals surface area contributed by atoms with Crippen molar-refractivity contribution in [3.63, 3.8) is 0 Å². The maximum Gasteiger partial charge on any atom is 0.0334 e. The second-order valence-electron chi connectivity index (χ2n) is 7.26. The van der Waals surface area contributed by atoms with E-state index in [9.17, 15) is 0 Å². The highest BCUT2D eigenvalue weighted by molar-refractivity contribution is 4.99. The first-order chi connectivity index (χ1) is 9.23. The van der Waals surface area contributed by atoms with Crippen LogP contribution in [-0.2, 0) is 0 Å². The lowest BCUT2D eigenvalue weighted by atomic mass is 9.75. The van der Waals surface area contributed by atoms with Crippen molar-refractivity contribution in [3.05, 3.63) is 0 Å². The van der Waals surface area contributed by atoms with Gasteiger partial charge in [-0.3, -0.25) is 9.80 Å². The zero-order valence-corrected chi connectivity index (χ0v) is 12.6. The van der Waals surface area contributed by atoms with Crippen LogP contribution < -0.4 is 5.73 Å². The smallest absolute Gasteiger partial charge is 0.0334 e. The molecule has 3 fully saturated rings. The van der Waals surface area contributed by atoms with Gasteiger partial charge in [-0.05, 0) is 51.1 Å². The van der Waals surface area contributed by atoms with E-state index in [-0.39, 0.29) is 0 Å². The average molecular weight is 265 g/mol. The lowest BCUT2D eigenvalue weighted by Gasteiger charge is -2.48. The summed E-state index contributed by atoms with van der Waals surface area (Å²) < 4.78 is 0. The fourth-order valence-electron chi connectivity index (χ4n) is 4.87. The Kier molecular flexibility index (Phi) is 4.16. The fourth-order valence-corrected chi connectivity index (χ4v) is 4.87. The zero-order valence-electron chi connectivity index (χ0n) is 12.6. The zero-order chi connectivity index (χ0) is 13.3. The minimum atomic E-state index is 0.330. The largest absolute Gasteiger partial charge is 0.329 e. The number of nitrogens with zero attached hydrogens (tertiary/aromatic N) is 2. The molecule has 2 heterocycles. The summed E-state index contributed by atoms with van der Waals surface area (Å²) in [5, 5.41) is 0. The summed E-state index contributed by atoms with van der Waals surface area (Å²) in [6.45, 7) is 8.50. The van der Waals surface area contributed by atoms with Gasteiger partial charge in [0.05, 0.1) is 0 Å². The van der Waals surface area contributed by atoms with E-state index in [1.807, 2.05) is 0 Å². The van der Waals surface area contributed by atoms with Gasteiger partial charge >= 0.3 is 0 Å². The summed E-state index contributed by atoms with van der Waals surface area (Å²) >= 11 is 0. The second kappa shape index (κ2) is 5.71. The summed E-state index contributed by atoms with van der Waals surface area (Å²) in [6, 6.07) is 0.822. The van der Waals surface area contributed by atoms with Crippen molar-refractivity contribution < 1.29 is 0 Å². The van der Waals surface area contributed by atoms with Gasteiger partial charge in [0.2, 0.25) is 0 Å². The number of nitrogens with two attached hydrogens (primary N) is 1. The minimum Gasteiger partial charge on any atom is -0.329 e. The van der Waals surface area contributed by atoms with Crippen molar-refractivity contribution in [3.8, 4) is 0 Å². The van der Waals surface area contributed by atoms with Crippen LogP contribution in [0.4, 0.5) is 0 Å². The summed E-state index contributed by atoms with van der Waals surface area (Å²) in [7, 11) is 0.